The number of carboxylic acid groups (broad SMARTS) is 1. The topological polar surface area (TPSA) is 62.7 Å². The Kier molecular flexibility index (Phi) is 4.88. The predicted molar refractivity (Wildman–Crippen MR) is 92.4 cm³/mol. The molecule has 6 heteroatoms. The fourth-order valence-corrected chi connectivity index (χ4v) is 3.49. The van der Waals surface area contributed by atoms with Gasteiger partial charge in [0.1, 0.15) is 5.75 Å². The number of halogens is 1. The third-order valence-electron chi connectivity index (χ3n) is 4.75. The van der Waals surface area contributed by atoms with Gasteiger partial charge in [0.2, 0.25) is 0 Å². The molecule has 2 heterocycles. The number of aliphatic carboxylic acids is 1. The molecular weight excluding hydrogens is 323 g/mol. The van der Waals surface area contributed by atoms with Gasteiger partial charge in [-0.15, -0.1) is 0 Å². The van der Waals surface area contributed by atoms with Gasteiger partial charge in [0, 0.05) is 19.3 Å². The molecule has 0 radical (unpaired) electrons. The second-order valence-corrected chi connectivity index (χ2v) is 6.45. The Morgan fingerprint density at radius 2 is 2.24 bits per heavy atom. The fraction of sp³-hybridized carbons (Fsp3) is 0.368. The highest BCUT2D eigenvalue weighted by molar-refractivity contribution is 5.76. The molecule has 25 heavy (non-hydrogen) atoms. The van der Waals surface area contributed by atoms with E-state index in [0.717, 1.165) is 5.56 Å². The molecule has 0 amide bonds. The van der Waals surface area contributed by atoms with Crippen LogP contribution in [0, 0.1) is 11.2 Å². The maximum atomic E-state index is 14.1. The van der Waals surface area contributed by atoms with Crippen molar-refractivity contribution < 1.29 is 19.0 Å². The van der Waals surface area contributed by atoms with E-state index in [1.165, 1.54) is 18.3 Å². The van der Waals surface area contributed by atoms with Crippen LogP contribution < -0.4 is 9.64 Å². The number of carboxylic acids is 1. The molecule has 1 N–H and O–H groups in total. The number of hydrogen-bond acceptors (Lipinski definition) is 4. The first kappa shape index (κ1) is 17.2. The molecule has 1 aliphatic heterocycles. The Labute approximate surface area is 146 Å². The molecule has 1 atom stereocenters. The lowest BCUT2D eigenvalue weighted by Crippen LogP contribution is -2.49. The van der Waals surface area contributed by atoms with Gasteiger partial charge < -0.3 is 14.7 Å². The van der Waals surface area contributed by atoms with Gasteiger partial charge >= 0.3 is 5.97 Å². The summed E-state index contributed by atoms with van der Waals surface area (Å²) in [4.78, 5) is 18.0. The lowest BCUT2D eigenvalue weighted by Gasteiger charge is -2.40. The molecule has 1 aromatic heterocycles. The van der Waals surface area contributed by atoms with Gasteiger partial charge in [-0.05, 0) is 49.1 Å². The van der Waals surface area contributed by atoms with Crippen LogP contribution in [0.25, 0.3) is 0 Å². The van der Waals surface area contributed by atoms with Crippen molar-refractivity contribution in [2.75, 3.05) is 25.1 Å². The monoisotopic (exact) mass is 344 g/mol. The van der Waals surface area contributed by atoms with Gasteiger partial charge in [0.05, 0.1) is 12.5 Å². The van der Waals surface area contributed by atoms with Gasteiger partial charge in [-0.1, -0.05) is 12.1 Å². The minimum atomic E-state index is -0.978. The van der Waals surface area contributed by atoms with Crippen molar-refractivity contribution in [2.45, 2.75) is 19.3 Å². The van der Waals surface area contributed by atoms with E-state index in [0.29, 0.717) is 31.6 Å². The smallest absolute Gasteiger partial charge is 0.311 e. The SMILES string of the molecule is COc1cccc(C[C@@]2(C(=O)O)CCCN(c3ncccc3F)C2)c1. The van der Waals surface area contributed by atoms with Crippen molar-refractivity contribution in [3.8, 4) is 5.75 Å². The summed E-state index contributed by atoms with van der Waals surface area (Å²) in [6.45, 7) is 0.828. The number of nitrogens with zero attached hydrogens (tertiary/aromatic N) is 2. The largest absolute Gasteiger partial charge is 0.497 e. The van der Waals surface area contributed by atoms with Crippen molar-refractivity contribution in [3.63, 3.8) is 0 Å². The number of anilines is 1. The molecule has 0 aliphatic carbocycles. The lowest BCUT2D eigenvalue weighted by atomic mass is 9.75. The molecule has 0 bridgehead atoms. The van der Waals surface area contributed by atoms with Crippen LogP contribution in [-0.4, -0.2) is 36.3 Å². The highest BCUT2D eigenvalue weighted by Crippen LogP contribution is 2.36. The minimum absolute atomic E-state index is 0.221. The highest BCUT2D eigenvalue weighted by atomic mass is 19.1. The van der Waals surface area contributed by atoms with Crippen molar-refractivity contribution in [1.82, 2.24) is 4.98 Å². The Morgan fingerprint density at radius 1 is 1.40 bits per heavy atom. The van der Waals surface area contributed by atoms with Crippen molar-refractivity contribution >= 4 is 11.8 Å². The molecule has 1 aliphatic rings. The lowest BCUT2D eigenvalue weighted by molar-refractivity contribution is -0.149. The third-order valence-corrected chi connectivity index (χ3v) is 4.75. The van der Waals surface area contributed by atoms with Crippen LogP contribution in [0.3, 0.4) is 0 Å². The molecule has 0 saturated carbocycles. The Balaban J connectivity index is 1.89. The number of methoxy groups -OCH3 is 1. The van der Waals surface area contributed by atoms with Crippen LogP contribution in [0.5, 0.6) is 5.75 Å². The molecular formula is C19H21FN2O3. The number of carbonyl (C=O) groups is 1. The summed E-state index contributed by atoms with van der Waals surface area (Å²) in [5.41, 5.74) is -0.0840. The second kappa shape index (κ2) is 7.09. The van der Waals surface area contributed by atoms with Gasteiger partial charge in [-0.2, -0.15) is 0 Å². The van der Waals surface area contributed by atoms with E-state index in [4.69, 9.17) is 4.74 Å². The Hall–Kier alpha value is -2.63. The number of hydrogen-bond donors (Lipinski definition) is 1. The van der Waals surface area contributed by atoms with Crippen LogP contribution in [0.2, 0.25) is 0 Å². The van der Waals surface area contributed by atoms with E-state index in [1.54, 1.807) is 12.0 Å². The first-order chi connectivity index (χ1) is 12.0. The highest BCUT2D eigenvalue weighted by Gasteiger charge is 2.43. The molecule has 0 unspecified atom stereocenters. The standard InChI is InChI=1S/C19H21FN2O3/c1-25-15-6-2-5-14(11-15)12-19(18(23)24)8-4-10-22(13-19)17-16(20)7-3-9-21-17/h2-3,5-7,9,11H,4,8,10,12-13H2,1H3,(H,23,24)/t19-/m0/s1. The summed E-state index contributed by atoms with van der Waals surface area (Å²) in [6.07, 6.45) is 3.11. The molecule has 0 spiro atoms. The van der Waals surface area contributed by atoms with E-state index in [9.17, 15) is 14.3 Å². The zero-order chi connectivity index (χ0) is 17.9. The molecule has 5 nitrogen and oxygen atoms in total. The van der Waals surface area contributed by atoms with Crippen LogP contribution in [0.15, 0.2) is 42.6 Å². The Morgan fingerprint density at radius 3 is 2.96 bits per heavy atom. The van der Waals surface area contributed by atoms with E-state index in [-0.39, 0.29) is 12.4 Å². The first-order valence-corrected chi connectivity index (χ1v) is 8.26. The van der Waals surface area contributed by atoms with E-state index in [1.807, 2.05) is 24.3 Å². The van der Waals surface area contributed by atoms with Crippen LogP contribution in [0.4, 0.5) is 10.2 Å². The van der Waals surface area contributed by atoms with Gasteiger partial charge in [0.15, 0.2) is 11.6 Å². The van der Waals surface area contributed by atoms with Crippen molar-refractivity contribution in [2.24, 2.45) is 5.41 Å². The third kappa shape index (κ3) is 3.57. The summed E-state index contributed by atoms with van der Waals surface area (Å²) >= 11 is 0. The fourth-order valence-electron chi connectivity index (χ4n) is 3.49. The molecule has 3 rings (SSSR count). The van der Waals surface area contributed by atoms with Crippen molar-refractivity contribution in [1.29, 1.82) is 0 Å². The van der Waals surface area contributed by atoms with Gasteiger partial charge in [-0.25, -0.2) is 9.37 Å². The Bertz CT molecular complexity index is 768. The average molecular weight is 344 g/mol. The van der Waals surface area contributed by atoms with E-state index >= 15 is 0 Å². The number of rotatable bonds is 5. The maximum Gasteiger partial charge on any atom is 0.311 e. The summed E-state index contributed by atoms with van der Waals surface area (Å²) in [5, 5.41) is 9.94. The van der Waals surface area contributed by atoms with Gasteiger partial charge in [-0.3, -0.25) is 4.79 Å². The zero-order valence-corrected chi connectivity index (χ0v) is 14.1. The van der Waals surface area contributed by atoms with E-state index < -0.39 is 17.2 Å². The number of aromatic nitrogens is 1. The summed E-state index contributed by atoms with van der Waals surface area (Å²) in [6, 6.07) is 10.3. The molecule has 1 fully saturated rings. The summed E-state index contributed by atoms with van der Waals surface area (Å²) < 4.78 is 19.3. The maximum absolute atomic E-state index is 14.1. The summed E-state index contributed by atoms with van der Waals surface area (Å²) in [7, 11) is 1.58. The van der Waals surface area contributed by atoms with Gasteiger partial charge in [0.25, 0.3) is 0 Å². The van der Waals surface area contributed by atoms with Crippen LogP contribution in [-0.2, 0) is 11.2 Å². The number of benzene rings is 1. The summed E-state index contributed by atoms with van der Waals surface area (Å²) in [5.74, 6) is -0.374. The number of piperidine rings is 1. The average Bonchev–Trinajstić information content (AvgIpc) is 2.62. The van der Waals surface area contributed by atoms with Crippen LogP contribution >= 0.6 is 0 Å². The normalized spacial score (nSPS) is 20.3. The van der Waals surface area contributed by atoms with E-state index in [2.05, 4.69) is 4.98 Å². The predicted octanol–water partition coefficient (Wildman–Crippen LogP) is 3.14. The van der Waals surface area contributed by atoms with Crippen molar-refractivity contribution in [3.05, 3.63) is 54.0 Å². The molecule has 1 saturated heterocycles. The molecule has 2 aromatic rings. The molecule has 132 valence electrons. The zero-order valence-electron chi connectivity index (χ0n) is 14.1. The minimum Gasteiger partial charge on any atom is -0.497 e. The van der Waals surface area contributed by atoms with Crippen LogP contribution in [0.1, 0.15) is 18.4 Å². The number of ether oxygens (including phenoxy) is 1. The molecule has 1 aromatic carbocycles. The second-order valence-electron chi connectivity index (χ2n) is 6.45. The quantitative estimate of drug-likeness (QED) is 0.903. The number of pyridine rings is 1. The first-order valence-electron chi connectivity index (χ1n) is 8.26.